The van der Waals surface area contributed by atoms with Crippen LogP contribution in [-0.2, 0) is 10.1 Å². The number of alkyl halides is 3. The molecule has 0 bridgehead atoms. The number of urea groups is 1. The highest BCUT2D eigenvalue weighted by atomic mass is 32.2. The molecule has 0 saturated carbocycles. The Kier molecular flexibility index (Phi) is 5.94. The molecule has 2 rings (SSSR count). The fourth-order valence-electron chi connectivity index (χ4n) is 1.98. The topological polar surface area (TPSA) is 114 Å². The zero-order chi connectivity index (χ0) is 20.4. The molecular weight excluding hydrogens is 411 g/mol. The van der Waals surface area contributed by atoms with Crippen LogP contribution in [0.25, 0.3) is 10.2 Å². The zero-order valence-electron chi connectivity index (χ0n) is 14.0. The molecule has 2 N–H and O–H groups in total. The number of rotatable bonds is 6. The number of carbonyl (C=O) groups is 2. The fraction of sp³-hybridized carbons (Fsp3) is 0.357. The van der Waals surface area contributed by atoms with Crippen LogP contribution >= 0.6 is 11.3 Å². The van der Waals surface area contributed by atoms with Gasteiger partial charge in [-0.15, -0.1) is 0 Å². The summed E-state index contributed by atoms with van der Waals surface area (Å²) in [4.78, 5) is 27.7. The van der Waals surface area contributed by atoms with E-state index in [0.29, 0.717) is 6.54 Å². The Balaban J connectivity index is 2.52. The van der Waals surface area contributed by atoms with Crippen LogP contribution in [0.5, 0.6) is 5.75 Å². The van der Waals surface area contributed by atoms with E-state index in [0.717, 1.165) is 23.5 Å². The van der Waals surface area contributed by atoms with Crippen molar-refractivity contribution in [3.63, 3.8) is 0 Å². The molecule has 13 heteroatoms. The van der Waals surface area contributed by atoms with E-state index < -0.39 is 33.2 Å². The maximum absolute atomic E-state index is 12.5. The number of Topliss-reactive ketones (excluding diaryl/α,β-unsaturated/α-hetero) is 1. The molecule has 0 aliphatic heterocycles. The molecule has 0 saturated heterocycles. The number of fused-ring (bicyclic) bond motifs is 1. The molecule has 2 aromatic rings. The van der Waals surface area contributed by atoms with Crippen LogP contribution in [0.3, 0.4) is 0 Å². The summed E-state index contributed by atoms with van der Waals surface area (Å²) in [5, 5.41) is 4.96. The van der Waals surface area contributed by atoms with E-state index in [1.54, 1.807) is 6.92 Å². The molecule has 0 fully saturated rings. The molecule has 0 aliphatic carbocycles. The molecule has 2 amide bonds. The van der Waals surface area contributed by atoms with Gasteiger partial charge in [-0.2, -0.15) is 21.6 Å². The van der Waals surface area contributed by atoms with Crippen molar-refractivity contribution in [1.29, 1.82) is 0 Å². The second-order valence-electron chi connectivity index (χ2n) is 5.08. The number of nitrogens with one attached hydrogen (secondary N) is 2. The van der Waals surface area contributed by atoms with Gasteiger partial charge in [-0.3, -0.25) is 10.1 Å². The Morgan fingerprint density at radius 2 is 1.93 bits per heavy atom. The molecular formula is C14H14F3N3O5S2. The minimum absolute atomic E-state index is 0.0125. The monoisotopic (exact) mass is 425 g/mol. The van der Waals surface area contributed by atoms with E-state index in [2.05, 4.69) is 19.8 Å². The lowest BCUT2D eigenvalue weighted by atomic mass is 10.1. The summed E-state index contributed by atoms with van der Waals surface area (Å²) < 4.78 is 64.4. The lowest BCUT2D eigenvalue weighted by Gasteiger charge is -2.10. The summed E-state index contributed by atoms with van der Waals surface area (Å²) in [6.45, 7) is 3.58. The van der Waals surface area contributed by atoms with Crippen molar-refractivity contribution in [3.8, 4) is 5.75 Å². The second-order valence-corrected chi connectivity index (χ2v) is 7.62. The van der Waals surface area contributed by atoms with Gasteiger partial charge >= 0.3 is 21.7 Å². The van der Waals surface area contributed by atoms with Gasteiger partial charge in [0.05, 0.1) is 10.2 Å². The van der Waals surface area contributed by atoms with Crippen molar-refractivity contribution in [2.45, 2.75) is 25.8 Å². The molecule has 0 spiro atoms. The molecule has 8 nitrogen and oxygen atoms in total. The largest absolute Gasteiger partial charge is 0.534 e. The average Bonchev–Trinajstić information content (AvgIpc) is 2.94. The van der Waals surface area contributed by atoms with Crippen LogP contribution in [0.2, 0.25) is 0 Å². The van der Waals surface area contributed by atoms with Crippen molar-refractivity contribution in [3.05, 3.63) is 17.7 Å². The van der Waals surface area contributed by atoms with Crippen LogP contribution in [0.1, 0.15) is 30.6 Å². The first-order valence-electron chi connectivity index (χ1n) is 7.51. The standard InChI is InChI=1S/C14H14F3N3O5S2/c1-3-10(21)8-5-7(25-27(23,24)14(15,16)17)6-9-11(8)26-13(19-9)20-12(22)18-4-2/h5-6H,3-4H2,1-2H3,(H2,18,19,20,22). The normalized spacial score (nSPS) is 12.0. The smallest absolute Gasteiger partial charge is 0.376 e. The van der Waals surface area contributed by atoms with Gasteiger partial charge in [-0.05, 0) is 13.0 Å². The van der Waals surface area contributed by atoms with Gasteiger partial charge in [0.1, 0.15) is 5.75 Å². The number of aromatic nitrogens is 1. The average molecular weight is 425 g/mol. The SMILES string of the molecule is CCNC(=O)Nc1nc2cc(OS(=O)(=O)C(F)(F)F)cc(C(=O)CC)c2s1. The molecule has 0 radical (unpaired) electrons. The van der Waals surface area contributed by atoms with Gasteiger partial charge in [-0.25, -0.2) is 9.78 Å². The van der Waals surface area contributed by atoms with Gasteiger partial charge in [0.15, 0.2) is 10.9 Å². The van der Waals surface area contributed by atoms with Gasteiger partial charge in [0, 0.05) is 24.6 Å². The predicted octanol–water partition coefficient (Wildman–Crippen LogP) is 3.26. The minimum atomic E-state index is -5.90. The highest BCUT2D eigenvalue weighted by Gasteiger charge is 2.48. The molecule has 1 aromatic heterocycles. The van der Waals surface area contributed by atoms with Crippen molar-refractivity contribution in [2.75, 3.05) is 11.9 Å². The van der Waals surface area contributed by atoms with Crippen LogP contribution in [0.15, 0.2) is 12.1 Å². The number of amides is 2. The summed E-state index contributed by atoms with van der Waals surface area (Å²) in [6, 6.07) is 1.30. The van der Waals surface area contributed by atoms with E-state index in [4.69, 9.17) is 0 Å². The summed E-state index contributed by atoms with van der Waals surface area (Å²) in [5.74, 6) is -1.16. The van der Waals surface area contributed by atoms with E-state index in [-0.39, 0.29) is 27.3 Å². The number of halogens is 3. The number of nitrogens with zero attached hydrogens (tertiary/aromatic N) is 1. The molecule has 1 heterocycles. The van der Waals surface area contributed by atoms with E-state index in [1.807, 2.05) is 0 Å². The number of anilines is 1. The van der Waals surface area contributed by atoms with Gasteiger partial charge < -0.3 is 9.50 Å². The summed E-state index contributed by atoms with van der Waals surface area (Å²) in [5.41, 5.74) is -5.66. The third kappa shape index (κ3) is 4.66. The summed E-state index contributed by atoms with van der Waals surface area (Å²) in [7, 11) is -5.90. The number of hydrogen-bond acceptors (Lipinski definition) is 7. The Bertz CT molecular complexity index is 986. The minimum Gasteiger partial charge on any atom is -0.376 e. The van der Waals surface area contributed by atoms with E-state index >= 15 is 0 Å². The second kappa shape index (κ2) is 7.68. The molecule has 27 heavy (non-hydrogen) atoms. The van der Waals surface area contributed by atoms with Crippen molar-refractivity contribution >= 4 is 48.6 Å². The molecule has 0 aliphatic rings. The fourth-order valence-corrected chi connectivity index (χ4v) is 3.40. The first-order valence-corrected chi connectivity index (χ1v) is 9.74. The van der Waals surface area contributed by atoms with Gasteiger partial charge in [0.25, 0.3) is 0 Å². The number of thiazole rings is 1. The van der Waals surface area contributed by atoms with Crippen LogP contribution in [0, 0.1) is 0 Å². The Morgan fingerprint density at radius 3 is 2.48 bits per heavy atom. The zero-order valence-corrected chi connectivity index (χ0v) is 15.6. The van der Waals surface area contributed by atoms with Gasteiger partial charge in [-0.1, -0.05) is 18.3 Å². The van der Waals surface area contributed by atoms with Crippen LogP contribution < -0.4 is 14.8 Å². The van der Waals surface area contributed by atoms with E-state index in [9.17, 15) is 31.2 Å². The summed E-state index contributed by atoms with van der Waals surface area (Å²) in [6.07, 6.45) is 0.0154. The number of carbonyl (C=O) groups excluding carboxylic acids is 2. The Labute approximate surface area is 155 Å². The van der Waals surface area contributed by atoms with Crippen LogP contribution in [-0.4, -0.2) is 37.3 Å². The molecule has 1 aromatic carbocycles. The summed E-state index contributed by atoms with van der Waals surface area (Å²) >= 11 is 0.923. The van der Waals surface area contributed by atoms with E-state index in [1.165, 1.54) is 6.92 Å². The molecule has 0 atom stereocenters. The molecule has 0 unspecified atom stereocenters. The maximum atomic E-state index is 12.5. The van der Waals surface area contributed by atoms with Gasteiger partial charge in [0.2, 0.25) is 0 Å². The first-order chi connectivity index (χ1) is 12.5. The number of ketones is 1. The van der Waals surface area contributed by atoms with Crippen LogP contribution in [0.4, 0.5) is 23.1 Å². The lowest BCUT2D eigenvalue weighted by Crippen LogP contribution is -2.28. The highest BCUT2D eigenvalue weighted by Crippen LogP contribution is 2.35. The highest BCUT2D eigenvalue weighted by molar-refractivity contribution is 7.88. The van der Waals surface area contributed by atoms with Crippen molar-refractivity contribution in [1.82, 2.24) is 10.3 Å². The van der Waals surface area contributed by atoms with Crippen molar-refractivity contribution in [2.24, 2.45) is 0 Å². The predicted molar refractivity (Wildman–Crippen MR) is 92.5 cm³/mol. The lowest BCUT2D eigenvalue weighted by molar-refractivity contribution is -0.0500. The Hall–Kier alpha value is -2.41. The molecule has 148 valence electrons. The number of benzene rings is 1. The Morgan fingerprint density at radius 1 is 1.26 bits per heavy atom. The maximum Gasteiger partial charge on any atom is 0.534 e. The quantitative estimate of drug-likeness (QED) is 0.417. The van der Waals surface area contributed by atoms with Crippen molar-refractivity contribution < 1.29 is 35.4 Å². The third-order valence-electron chi connectivity index (χ3n) is 3.13. The third-order valence-corrected chi connectivity index (χ3v) is 5.13. The number of hydrogen-bond donors (Lipinski definition) is 2. The first kappa shape index (κ1) is 20.9.